The molecule has 42 heavy (non-hydrogen) atoms. The molecule has 10 heteroatoms. The van der Waals surface area contributed by atoms with Gasteiger partial charge in [0.05, 0.1) is 0 Å². The van der Waals surface area contributed by atoms with Crippen molar-refractivity contribution in [1.29, 1.82) is 0 Å². The second-order valence-electron chi connectivity index (χ2n) is 12.1. The molecule has 224 valence electrons. The number of rotatable bonds is 7. The first-order valence-electron chi connectivity index (χ1n) is 14.5. The summed E-state index contributed by atoms with van der Waals surface area (Å²) < 4.78 is 45.3. The maximum absolute atomic E-state index is 13.8. The molecule has 8 atom stereocenters. The van der Waals surface area contributed by atoms with Crippen LogP contribution in [-0.2, 0) is 24.0 Å². The summed E-state index contributed by atoms with van der Waals surface area (Å²) >= 11 is 0. The Bertz CT molecular complexity index is 1380. The van der Waals surface area contributed by atoms with E-state index >= 15 is 0 Å². The van der Waals surface area contributed by atoms with Crippen molar-refractivity contribution in [2.45, 2.75) is 70.4 Å². The zero-order chi connectivity index (χ0) is 29.6. The molecule has 1 aliphatic carbocycles. The number of amides is 1. The lowest BCUT2D eigenvalue weighted by Gasteiger charge is -2.60. The van der Waals surface area contributed by atoms with Crippen LogP contribution in [0.2, 0.25) is 0 Å². The summed E-state index contributed by atoms with van der Waals surface area (Å²) in [6.45, 7) is 5.93. The van der Waals surface area contributed by atoms with Crippen LogP contribution in [0.1, 0.15) is 62.4 Å². The summed E-state index contributed by atoms with van der Waals surface area (Å²) in [7, 11) is 0. The van der Waals surface area contributed by atoms with Gasteiger partial charge in [-0.2, -0.15) is 0 Å². The highest BCUT2D eigenvalue weighted by Gasteiger charge is 2.69. The van der Waals surface area contributed by atoms with E-state index in [0.29, 0.717) is 23.7 Å². The number of carbonyl (C=O) groups is 2. The Kier molecular flexibility index (Phi) is 7.67. The fraction of sp³-hybridized carbons (Fsp3) is 0.500. The molecule has 1 saturated carbocycles. The summed E-state index contributed by atoms with van der Waals surface area (Å²) in [5.74, 6) is -1.92. The van der Waals surface area contributed by atoms with E-state index in [1.54, 1.807) is 24.3 Å². The molecular weight excluding hydrogens is 548 g/mol. The average Bonchev–Trinajstić information content (AvgIpc) is 3.20. The van der Waals surface area contributed by atoms with Crippen molar-refractivity contribution >= 4 is 17.8 Å². The largest absolute Gasteiger partial charge is 0.484 e. The molecule has 8 nitrogen and oxygen atoms in total. The molecule has 5 fully saturated rings. The molecule has 4 aliphatic heterocycles. The zero-order valence-corrected chi connectivity index (χ0v) is 23.8. The van der Waals surface area contributed by atoms with Crippen LogP contribution in [0.15, 0.2) is 48.5 Å². The van der Waals surface area contributed by atoms with Gasteiger partial charge < -0.3 is 19.5 Å². The first kappa shape index (κ1) is 28.9. The zero-order valence-electron chi connectivity index (χ0n) is 23.8. The van der Waals surface area contributed by atoms with Crippen molar-refractivity contribution in [3.05, 3.63) is 71.3 Å². The first-order chi connectivity index (χ1) is 20.1. The van der Waals surface area contributed by atoms with E-state index in [9.17, 15) is 18.4 Å². The van der Waals surface area contributed by atoms with Crippen molar-refractivity contribution in [3.63, 3.8) is 0 Å². The van der Waals surface area contributed by atoms with E-state index in [1.807, 2.05) is 6.92 Å². The number of ether oxygens (including phenoxy) is 3. The predicted molar refractivity (Wildman–Crippen MR) is 147 cm³/mol. The van der Waals surface area contributed by atoms with Crippen LogP contribution < -0.4 is 10.1 Å². The molecule has 7 rings (SSSR count). The summed E-state index contributed by atoms with van der Waals surface area (Å²) in [4.78, 5) is 37.4. The van der Waals surface area contributed by atoms with Crippen molar-refractivity contribution < 1.29 is 42.4 Å². The van der Waals surface area contributed by atoms with Gasteiger partial charge in [0.1, 0.15) is 23.6 Å². The smallest absolute Gasteiger partial charge is 0.259 e. The van der Waals surface area contributed by atoms with Crippen molar-refractivity contribution in [1.82, 2.24) is 5.32 Å². The van der Waals surface area contributed by atoms with E-state index in [1.165, 1.54) is 18.2 Å². The summed E-state index contributed by atoms with van der Waals surface area (Å²) in [5.41, 5.74) is -0.248. The fourth-order valence-corrected chi connectivity index (χ4v) is 7.03. The maximum Gasteiger partial charge on any atom is 0.259 e. The van der Waals surface area contributed by atoms with E-state index in [-0.39, 0.29) is 41.6 Å². The Morgan fingerprint density at radius 1 is 1.05 bits per heavy atom. The van der Waals surface area contributed by atoms with Crippen LogP contribution in [0.25, 0.3) is 6.08 Å². The summed E-state index contributed by atoms with van der Waals surface area (Å²) in [6, 6.07) is 9.39. The van der Waals surface area contributed by atoms with Gasteiger partial charge in [0.15, 0.2) is 24.3 Å². The van der Waals surface area contributed by atoms with Gasteiger partial charge in [-0.3, -0.25) is 9.59 Å². The minimum absolute atomic E-state index is 0.0448. The van der Waals surface area contributed by atoms with Crippen LogP contribution >= 0.6 is 0 Å². The summed E-state index contributed by atoms with van der Waals surface area (Å²) in [6.07, 6.45) is 4.89. The van der Waals surface area contributed by atoms with Gasteiger partial charge in [0.2, 0.25) is 5.79 Å². The van der Waals surface area contributed by atoms with E-state index in [2.05, 4.69) is 19.2 Å². The van der Waals surface area contributed by atoms with Crippen LogP contribution in [0.4, 0.5) is 8.78 Å². The highest BCUT2D eigenvalue weighted by molar-refractivity contribution is 6.06. The molecule has 0 aromatic heterocycles. The maximum atomic E-state index is 13.8. The SMILES string of the molecule is C[C@H]1[C@H](NC(=O)COc2ccc(C(=O)/C=C/c3ccc(F)cc3F)cc2)O[C@@H]2O[C@@]3(C)CC[C@H]4[C@H](C)CC[C@@H]1[C@@]24OO3. The third kappa shape index (κ3) is 5.25. The quantitative estimate of drug-likeness (QED) is 0.259. The number of nitrogens with one attached hydrogen (secondary N) is 1. The number of carbonyl (C=O) groups excluding carboxylic acids is 2. The third-order valence-corrected chi connectivity index (χ3v) is 9.35. The number of halogens is 2. The van der Waals surface area contributed by atoms with Crippen LogP contribution in [0.5, 0.6) is 5.75 Å². The Hall–Kier alpha value is -3.18. The topological polar surface area (TPSA) is 92.3 Å². The lowest BCUT2D eigenvalue weighted by Crippen LogP contribution is -2.72. The molecule has 1 spiro atoms. The molecule has 5 aliphatic rings. The van der Waals surface area contributed by atoms with Crippen molar-refractivity contribution in [2.75, 3.05) is 6.61 Å². The molecule has 2 aromatic carbocycles. The predicted octanol–water partition coefficient (Wildman–Crippen LogP) is 5.56. The minimum Gasteiger partial charge on any atom is -0.484 e. The second-order valence-corrected chi connectivity index (χ2v) is 12.1. The molecule has 1 N–H and O–H groups in total. The van der Waals surface area contributed by atoms with Gasteiger partial charge in [-0.15, -0.1) is 0 Å². The van der Waals surface area contributed by atoms with Gasteiger partial charge in [-0.25, -0.2) is 18.6 Å². The second kappa shape index (κ2) is 11.1. The number of allylic oxidation sites excluding steroid dienone is 1. The van der Waals surface area contributed by atoms with Gasteiger partial charge in [-0.05, 0) is 86.6 Å². The number of benzene rings is 2. The Morgan fingerprint density at radius 2 is 1.83 bits per heavy atom. The molecule has 2 aromatic rings. The molecular formula is C32H35F2NO7. The molecule has 4 heterocycles. The Labute approximate surface area is 243 Å². The van der Waals surface area contributed by atoms with E-state index in [0.717, 1.165) is 31.4 Å². The number of ketones is 1. The Balaban J connectivity index is 1.06. The van der Waals surface area contributed by atoms with E-state index in [4.69, 9.17) is 24.0 Å². The highest BCUT2D eigenvalue weighted by Crippen LogP contribution is 2.60. The third-order valence-electron chi connectivity index (χ3n) is 9.35. The number of hydrogen-bond acceptors (Lipinski definition) is 7. The minimum atomic E-state index is -0.893. The van der Waals surface area contributed by atoms with Gasteiger partial charge in [0, 0.05) is 35.4 Å². The average molecular weight is 584 g/mol. The lowest BCUT2D eigenvalue weighted by atomic mass is 9.58. The molecule has 4 saturated heterocycles. The van der Waals surface area contributed by atoms with Crippen molar-refractivity contribution in [2.24, 2.45) is 23.7 Å². The molecule has 0 radical (unpaired) electrons. The first-order valence-corrected chi connectivity index (χ1v) is 14.5. The number of hydrogen-bond donors (Lipinski definition) is 1. The van der Waals surface area contributed by atoms with Gasteiger partial charge in [-0.1, -0.05) is 13.8 Å². The monoisotopic (exact) mass is 583 g/mol. The van der Waals surface area contributed by atoms with Gasteiger partial charge >= 0.3 is 0 Å². The summed E-state index contributed by atoms with van der Waals surface area (Å²) in [5, 5.41) is 2.97. The molecule has 2 bridgehead atoms. The van der Waals surface area contributed by atoms with Crippen LogP contribution in [-0.4, -0.2) is 42.2 Å². The standard InChI is InChI=1S/C32H35F2NO7/c1-18-4-12-25-19(2)29(39-30-32(25)24(18)14-15-31(3,40-30)41-42-32)35-28(37)17-38-23-10-6-21(7-11-23)27(36)13-8-20-5-9-22(33)16-26(20)34/h5-11,13,16,18-19,24-25,29-30H,4,12,14-15,17H2,1-3H3,(H,35,37)/b13-8+/t18-,19-,24+,25+,29-,30-,31-,32-/m1/s1. The van der Waals surface area contributed by atoms with Crippen LogP contribution in [0.3, 0.4) is 0 Å². The number of fused-ring (bicyclic) bond motifs is 2. The van der Waals surface area contributed by atoms with Crippen molar-refractivity contribution in [3.8, 4) is 5.75 Å². The molecule has 1 amide bonds. The van der Waals surface area contributed by atoms with E-state index < -0.39 is 35.5 Å². The molecule has 0 unspecified atom stereocenters. The van der Waals surface area contributed by atoms with Crippen LogP contribution in [0, 0.1) is 35.3 Å². The fourth-order valence-electron chi connectivity index (χ4n) is 7.03. The van der Waals surface area contributed by atoms with Gasteiger partial charge in [0.25, 0.3) is 5.91 Å². The lowest BCUT2D eigenvalue weighted by molar-refractivity contribution is -0.571. The highest BCUT2D eigenvalue weighted by atomic mass is 19.1. The normalized spacial score (nSPS) is 35.4. The Morgan fingerprint density at radius 3 is 2.60 bits per heavy atom.